The Morgan fingerprint density at radius 3 is 2.37 bits per heavy atom. The van der Waals surface area contributed by atoms with Crippen LogP contribution in [0, 0.1) is 13.8 Å². The normalized spacial score (nSPS) is 11.2. The minimum absolute atomic E-state index is 0.144. The van der Waals surface area contributed by atoms with Crippen molar-refractivity contribution in [3.05, 3.63) is 149 Å². The third kappa shape index (κ3) is 6.36. The molecule has 43 heavy (non-hydrogen) atoms. The summed E-state index contributed by atoms with van der Waals surface area (Å²) in [4.78, 5) is 12.7. The summed E-state index contributed by atoms with van der Waals surface area (Å²) in [6, 6.07) is 37.3. The highest BCUT2D eigenvalue weighted by molar-refractivity contribution is 5.92. The number of benzene rings is 4. The van der Waals surface area contributed by atoms with Crippen LogP contribution in [0.5, 0.6) is 11.5 Å². The van der Waals surface area contributed by atoms with Crippen molar-refractivity contribution < 1.29 is 18.7 Å². The highest BCUT2D eigenvalue weighted by atomic mass is 16.5. The lowest BCUT2D eigenvalue weighted by atomic mass is 10.1. The molecule has 0 bridgehead atoms. The van der Waals surface area contributed by atoms with Crippen molar-refractivity contribution in [1.82, 2.24) is 9.99 Å². The zero-order valence-electron chi connectivity index (χ0n) is 24.0. The van der Waals surface area contributed by atoms with Gasteiger partial charge in [-0.05, 0) is 90.8 Å². The quantitative estimate of drug-likeness (QED) is 0.135. The molecule has 1 N–H and O–H groups in total. The van der Waals surface area contributed by atoms with Crippen LogP contribution in [0.1, 0.15) is 38.8 Å². The van der Waals surface area contributed by atoms with Gasteiger partial charge in [0.05, 0.1) is 6.21 Å². The molecule has 2 heterocycles. The first kappa shape index (κ1) is 27.6. The number of ether oxygens (including phenoxy) is 2. The number of nitrogens with one attached hydrogen (secondary N) is 1. The molecule has 0 aliphatic rings. The topological polar surface area (TPSA) is 78.0 Å². The fraction of sp³-hybridized carbons (Fsp3) is 0.111. The summed E-state index contributed by atoms with van der Waals surface area (Å²) in [5.74, 6) is 1.59. The summed E-state index contributed by atoms with van der Waals surface area (Å²) in [5, 5.41) is 6.45. The molecule has 0 aliphatic carbocycles. The zero-order valence-corrected chi connectivity index (χ0v) is 24.0. The first-order valence-corrected chi connectivity index (χ1v) is 14.0. The summed E-state index contributed by atoms with van der Waals surface area (Å²) < 4.78 is 19.9. The van der Waals surface area contributed by atoms with Gasteiger partial charge in [0, 0.05) is 22.6 Å². The molecule has 2 aromatic heterocycles. The third-order valence-corrected chi connectivity index (χ3v) is 7.18. The summed E-state index contributed by atoms with van der Waals surface area (Å²) in [7, 11) is 0. The van der Waals surface area contributed by atoms with Crippen molar-refractivity contribution in [2.45, 2.75) is 27.1 Å². The number of aryl methyl sites for hydroxylation is 2. The standard InChI is InChI=1S/C36H31N3O4/c1-25-14-15-26(2)39(25)30-16-18-31(19-17-30)41-24-32-20-21-35(43-32)36(40)38-37-22-28-9-4-6-13-34(28)42-23-29-11-7-10-27-8-3-5-12-33(27)29/h3-22H,23-24H2,1-2H3,(H,38,40)/b37-22+. The number of carbonyl (C=O) groups excluding carboxylic acids is 1. The van der Waals surface area contributed by atoms with Crippen LogP contribution in [0.2, 0.25) is 0 Å². The molecule has 0 aliphatic heterocycles. The number of nitrogens with zero attached hydrogens (tertiary/aromatic N) is 2. The Morgan fingerprint density at radius 2 is 1.53 bits per heavy atom. The third-order valence-electron chi connectivity index (χ3n) is 7.18. The molecule has 6 aromatic rings. The van der Waals surface area contributed by atoms with Gasteiger partial charge in [-0.2, -0.15) is 5.10 Å². The van der Waals surface area contributed by atoms with Crippen LogP contribution >= 0.6 is 0 Å². The Hall–Kier alpha value is -5.56. The first-order chi connectivity index (χ1) is 21.0. The highest BCUT2D eigenvalue weighted by Crippen LogP contribution is 2.23. The van der Waals surface area contributed by atoms with E-state index >= 15 is 0 Å². The molecule has 0 saturated carbocycles. The molecule has 0 unspecified atom stereocenters. The average Bonchev–Trinajstić information content (AvgIpc) is 3.65. The molecule has 214 valence electrons. The number of rotatable bonds is 10. The van der Waals surface area contributed by atoms with E-state index in [2.05, 4.69) is 65.3 Å². The number of fused-ring (bicyclic) bond motifs is 1. The first-order valence-electron chi connectivity index (χ1n) is 14.0. The molecule has 0 saturated heterocycles. The summed E-state index contributed by atoms with van der Waals surface area (Å²) in [6.07, 6.45) is 1.56. The van der Waals surface area contributed by atoms with Gasteiger partial charge < -0.3 is 18.5 Å². The van der Waals surface area contributed by atoms with Gasteiger partial charge in [-0.15, -0.1) is 0 Å². The van der Waals surface area contributed by atoms with Gasteiger partial charge in [0.1, 0.15) is 30.5 Å². The monoisotopic (exact) mass is 569 g/mol. The van der Waals surface area contributed by atoms with E-state index in [4.69, 9.17) is 13.9 Å². The molecule has 7 nitrogen and oxygen atoms in total. The molecule has 0 fully saturated rings. The predicted octanol–water partition coefficient (Wildman–Crippen LogP) is 7.76. The number of hydrogen-bond donors (Lipinski definition) is 1. The van der Waals surface area contributed by atoms with Crippen molar-refractivity contribution in [2.75, 3.05) is 0 Å². The van der Waals surface area contributed by atoms with Crippen molar-refractivity contribution in [1.29, 1.82) is 0 Å². The van der Waals surface area contributed by atoms with E-state index in [9.17, 15) is 4.79 Å². The number of aromatic nitrogens is 1. The van der Waals surface area contributed by atoms with E-state index in [0.717, 1.165) is 22.2 Å². The van der Waals surface area contributed by atoms with Crippen LogP contribution in [0.15, 0.2) is 125 Å². The molecule has 0 atom stereocenters. The maximum Gasteiger partial charge on any atom is 0.307 e. The molecular weight excluding hydrogens is 538 g/mol. The number of furan rings is 1. The van der Waals surface area contributed by atoms with Crippen LogP contribution in [0.4, 0.5) is 0 Å². The van der Waals surface area contributed by atoms with Gasteiger partial charge in [-0.25, -0.2) is 5.43 Å². The fourth-order valence-corrected chi connectivity index (χ4v) is 5.01. The smallest absolute Gasteiger partial charge is 0.307 e. The Labute approximate surface area is 250 Å². The van der Waals surface area contributed by atoms with Crippen molar-refractivity contribution in [3.63, 3.8) is 0 Å². The zero-order chi connectivity index (χ0) is 29.6. The SMILES string of the molecule is Cc1ccc(C)n1-c1ccc(OCc2ccc(C(=O)N/N=C/c3ccccc3OCc3cccc4ccccc34)o2)cc1. The molecule has 4 aromatic carbocycles. The minimum Gasteiger partial charge on any atom is -0.488 e. The van der Waals surface area contributed by atoms with E-state index in [-0.39, 0.29) is 12.4 Å². The van der Waals surface area contributed by atoms with E-state index in [1.165, 1.54) is 16.8 Å². The van der Waals surface area contributed by atoms with Gasteiger partial charge in [0.25, 0.3) is 0 Å². The second-order valence-electron chi connectivity index (χ2n) is 10.2. The number of amides is 1. The summed E-state index contributed by atoms with van der Waals surface area (Å²) in [6.45, 7) is 4.76. The Bertz CT molecular complexity index is 1880. The van der Waals surface area contributed by atoms with E-state index in [0.29, 0.717) is 23.9 Å². The molecule has 0 spiro atoms. The molecule has 7 heteroatoms. The average molecular weight is 570 g/mol. The largest absolute Gasteiger partial charge is 0.488 e. The van der Waals surface area contributed by atoms with Gasteiger partial charge in [0.15, 0.2) is 5.76 Å². The number of hydrazone groups is 1. The van der Waals surface area contributed by atoms with Crippen LogP contribution < -0.4 is 14.9 Å². The Balaban J connectivity index is 1.03. The molecule has 6 rings (SSSR count). The maximum atomic E-state index is 12.7. The lowest BCUT2D eigenvalue weighted by Crippen LogP contribution is -2.16. The van der Waals surface area contributed by atoms with Crippen LogP contribution in [0.25, 0.3) is 16.5 Å². The predicted molar refractivity (Wildman–Crippen MR) is 168 cm³/mol. The summed E-state index contributed by atoms with van der Waals surface area (Å²) in [5.41, 5.74) is 7.78. The van der Waals surface area contributed by atoms with Gasteiger partial charge in [0.2, 0.25) is 0 Å². The van der Waals surface area contributed by atoms with Gasteiger partial charge in [-0.3, -0.25) is 4.79 Å². The molecular formula is C36H31N3O4. The van der Waals surface area contributed by atoms with E-state index in [1.807, 2.05) is 66.7 Å². The lowest BCUT2D eigenvalue weighted by Gasteiger charge is -2.11. The van der Waals surface area contributed by atoms with Crippen molar-refractivity contribution in [3.8, 4) is 17.2 Å². The maximum absolute atomic E-state index is 12.7. The minimum atomic E-state index is -0.460. The Morgan fingerprint density at radius 1 is 0.791 bits per heavy atom. The number of carbonyl (C=O) groups is 1. The number of para-hydroxylation sites is 1. The van der Waals surface area contributed by atoms with Crippen LogP contribution in [0.3, 0.4) is 0 Å². The number of hydrogen-bond acceptors (Lipinski definition) is 5. The van der Waals surface area contributed by atoms with E-state index in [1.54, 1.807) is 18.3 Å². The van der Waals surface area contributed by atoms with Crippen molar-refractivity contribution >= 4 is 22.9 Å². The van der Waals surface area contributed by atoms with Crippen LogP contribution in [-0.2, 0) is 13.2 Å². The second kappa shape index (κ2) is 12.5. The van der Waals surface area contributed by atoms with Crippen LogP contribution in [-0.4, -0.2) is 16.7 Å². The lowest BCUT2D eigenvalue weighted by molar-refractivity contribution is 0.0923. The second-order valence-corrected chi connectivity index (χ2v) is 10.2. The highest BCUT2D eigenvalue weighted by Gasteiger charge is 2.12. The molecule has 1 amide bonds. The van der Waals surface area contributed by atoms with E-state index < -0.39 is 5.91 Å². The Kier molecular flexibility index (Phi) is 8.04. The fourth-order valence-electron chi connectivity index (χ4n) is 5.01. The van der Waals surface area contributed by atoms with Gasteiger partial charge in [-0.1, -0.05) is 54.6 Å². The molecule has 0 radical (unpaired) electrons. The van der Waals surface area contributed by atoms with Gasteiger partial charge >= 0.3 is 5.91 Å². The summed E-state index contributed by atoms with van der Waals surface area (Å²) >= 11 is 0. The van der Waals surface area contributed by atoms with Crippen molar-refractivity contribution in [2.24, 2.45) is 5.10 Å².